The number of aliphatic carboxylic acids is 1. The van der Waals surface area contributed by atoms with Crippen LogP contribution in [-0.4, -0.2) is 26.6 Å². The molecular formula is C27H25ClN2O3. The van der Waals surface area contributed by atoms with Crippen molar-refractivity contribution in [2.45, 2.75) is 39.7 Å². The summed E-state index contributed by atoms with van der Waals surface area (Å²) in [6.45, 7) is 7.81. The van der Waals surface area contributed by atoms with E-state index in [-0.39, 0.29) is 6.42 Å². The molecule has 0 saturated carbocycles. The van der Waals surface area contributed by atoms with Gasteiger partial charge in [0.25, 0.3) is 0 Å². The van der Waals surface area contributed by atoms with Crippen molar-refractivity contribution in [3.05, 3.63) is 77.1 Å². The van der Waals surface area contributed by atoms with E-state index in [1.165, 1.54) is 0 Å². The van der Waals surface area contributed by atoms with Crippen LogP contribution >= 0.6 is 11.6 Å². The number of fused-ring (bicyclic) bond motifs is 1. The molecule has 0 aliphatic rings. The van der Waals surface area contributed by atoms with E-state index in [1.54, 1.807) is 24.5 Å². The molecule has 0 aliphatic carbocycles. The summed E-state index contributed by atoms with van der Waals surface area (Å²) < 4.78 is 6.25. The molecule has 2 aromatic heterocycles. The first-order valence-electron chi connectivity index (χ1n) is 10.7. The lowest BCUT2D eigenvalue weighted by Crippen LogP contribution is -2.23. The molecule has 6 heteroatoms. The fourth-order valence-corrected chi connectivity index (χ4v) is 4.09. The van der Waals surface area contributed by atoms with Gasteiger partial charge in [-0.3, -0.25) is 9.78 Å². The van der Waals surface area contributed by atoms with Crippen LogP contribution in [0.25, 0.3) is 33.3 Å². The Balaban J connectivity index is 2.02. The minimum absolute atomic E-state index is 0.112. The van der Waals surface area contributed by atoms with Gasteiger partial charge in [-0.15, -0.1) is 0 Å². The summed E-state index contributed by atoms with van der Waals surface area (Å²) in [7, 11) is 0. The number of pyridine rings is 2. The normalized spacial score (nSPS) is 11.5. The number of halogens is 1. The number of aryl methyl sites for hydroxylation is 1. The Morgan fingerprint density at radius 2 is 1.91 bits per heavy atom. The Kier molecular flexibility index (Phi) is 6.09. The molecule has 4 aromatic rings. The monoisotopic (exact) mass is 460 g/mol. The summed E-state index contributed by atoms with van der Waals surface area (Å²) >= 11 is 6.30. The Morgan fingerprint density at radius 1 is 1.12 bits per heavy atom. The van der Waals surface area contributed by atoms with Gasteiger partial charge in [0, 0.05) is 33.9 Å². The maximum Gasteiger partial charge on any atom is 0.307 e. The number of hydrogen-bond acceptors (Lipinski definition) is 4. The summed E-state index contributed by atoms with van der Waals surface area (Å²) in [5.74, 6) is -0.296. The molecule has 0 radical (unpaired) electrons. The number of carboxylic acids is 1. The second kappa shape index (κ2) is 8.83. The number of carbonyl (C=O) groups is 1. The lowest BCUT2D eigenvalue weighted by atomic mass is 9.89. The van der Waals surface area contributed by atoms with Crippen LogP contribution in [0.1, 0.15) is 31.9 Å². The Hall–Kier alpha value is -3.44. The third kappa shape index (κ3) is 4.99. The van der Waals surface area contributed by atoms with E-state index in [4.69, 9.17) is 21.3 Å². The first-order valence-corrected chi connectivity index (χ1v) is 11.0. The second-order valence-electron chi connectivity index (χ2n) is 8.98. The van der Waals surface area contributed by atoms with Crippen molar-refractivity contribution in [3.8, 4) is 28.1 Å². The molecule has 1 N–H and O–H groups in total. The lowest BCUT2D eigenvalue weighted by Gasteiger charge is -2.25. The molecule has 0 unspecified atom stereocenters. The molecule has 0 atom stereocenters. The van der Waals surface area contributed by atoms with E-state index in [1.807, 2.05) is 64.1 Å². The fourth-order valence-electron chi connectivity index (χ4n) is 3.93. The summed E-state index contributed by atoms with van der Waals surface area (Å²) in [6, 6.07) is 15.2. The van der Waals surface area contributed by atoms with Gasteiger partial charge in [-0.1, -0.05) is 17.7 Å². The number of carboxylic acid groups (broad SMARTS) is 1. The molecule has 168 valence electrons. The first kappa shape index (κ1) is 22.7. The van der Waals surface area contributed by atoms with Crippen molar-refractivity contribution in [3.63, 3.8) is 0 Å². The van der Waals surface area contributed by atoms with Crippen molar-refractivity contribution in [2.24, 2.45) is 0 Å². The van der Waals surface area contributed by atoms with Gasteiger partial charge in [0.2, 0.25) is 0 Å². The third-order valence-corrected chi connectivity index (χ3v) is 5.47. The minimum Gasteiger partial charge on any atom is -0.487 e. The topological polar surface area (TPSA) is 72.3 Å². The fraction of sp³-hybridized carbons (Fsp3) is 0.222. The van der Waals surface area contributed by atoms with Gasteiger partial charge in [0.1, 0.15) is 11.4 Å². The van der Waals surface area contributed by atoms with Gasteiger partial charge in [-0.25, -0.2) is 4.98 Å². The zero-order valence-electron chi connectivity index (χ0n) is 19.0. The van der Waals surface area contributed by atoms with Gasteiger partial charge in [-0.05, 0) is 86.8 Å². The zero-order valence-corrected chi connectivity index (χ0v) is 19.8. The van der Waals surface area contributed by atoms with E-state index in [0.29, 0.717) is 10.8 Å². The van der Waals surface area contributed by atoms with Crippen LogP contribution in [-0.2, 0) is 11.2 Å². The van der Waals surface area contributed by atoms with Crippen molar-refractivity contribution in [1.29, 1.82) is 0 Å². The molecule has 2 heterocycles. The average Bonchev–Trinajstić information content (AvgIpc) is 2.74. The summed E-state index contributed by atoms with van der Waals surface area (Å²) in [5.41, 5.74) is 5.20. The van der Waals surface area contributed by atoms with Gasteiger partial charge in [0.15, 0.2) is 0 Å². The SMILES string of the molecule is Cc1cc2nc(-c3cccnc3)ccc2c(-c2ccc(Cl)cc2OC(C)(C)C)c1CC(=O)O. The number of rotatable bonds is 5. The average molecular weight is 461 g/mol. The second-order valence-corrected chi connectivity index (χ2v) is 9.41. The van der Waals surface area contributed by atoms with E-state index < -0.39 is 11.6 Å². The number of hydrogen-bond donors (Lipinski definition) is 1. The smallest absolute Gasteiger partial charge is 0.307 e. The van der Waals surface area contributed by atoms with Gasteiger partial charge in [-0.2, -0.15) is 0 Å². The standard InChI is InChI=1S/C27H25ClN2O3/c1-16-12-23-19(9-10-22(30-23)17-6-5-11-29-15-17)26(21(16)14-25(31)32)20-8-7-18(28)13-24(20)33-27(2,3)4/h5-13,15H,14H2,1-4H3,(H,31,32). The molecule has 0 spiro atoms. The van der Waals surface area contributed by atoms with E-state index >= 15 is 0 Å². The largest absolute Gasteiger partial charge is 0.487 e. The maximum atomic E-state index is 11.8. The van der Waals surface area contributed by atoms with Crippen LogP contribution in [0.2, 0.25) is 5.02 Å². The molecule has 5 nitrogen and oxygen atoms in total. The van der Waals surface area contributed by atoms with E-state index in [9.17, 15) is 9.90 Å². The summed E-state index contributed by atoms with van der Waals surface area (Å²) in [6.07, 6.45) is 3.39. The third-order valence-electron chi connectivity index (χ3n) is 5.24. The predicted molar refractivity (Wildman–Crippen MR) is 132 cm³/mol. The zero-order chi connectivity index (χ0) is 23.8. The molecule has 4 rings (SSSR count). The van der Waals surface area contributed by atoms with Crippen molar-refractivity contribution < 1.29 is 14.6 Å². The molecule has 0 fully saturated rings. The number of nitrogens with zero attached hydrogens (tertiary/aromatic N) is 2. The first-order chi connectivity index (χ1) is 15.6. The van der Waals surface area contributed by atoms with Crippen molar-refractivity contribution >= 4 is 28.5 Å². The summed E-state index contributed by atoms with van der Waals surface area (Å²) in [5, 5.41) is 11.1. The van der Waals surface area contributed by atoms with E-state index in [0.717, 1.165) is 44.4 Å². The highest BCUT2D eigenvalue weighted by Gasteiger charge is 2.22. The highest BCUT2D eigenvalue weighted by Crippen LogP contribution is 2.42. The van der Waals surface area contributed by atoms with Crippen LogP contribution in [0, 0.1) is 6.92 Å². The number of aromatic nitrogens is 2. The Morgan fingerprint density at radius 3 is 2.58 bits per heavy atom. The number of benzene rings is 2. The molecule has 0 bridgehead atoms. The molecular weight excluding hydrogens is 436 g/mol. The molecule has 2 aromatic carbocycles. The van der Waals surface area contributed by atoms with Gasteiger partial charge in [0.05, 0.1) is 17.6 Å². The maximum absolute atomic E-state index is 11.8. The van der Waals surface area contributed by atoms with Crippen LogP contribution in [0.3, 0.4) is 0 Å². The molecule has 0 aliphatic heterocycles. The molecule has 33 heavy (non-hydrogen) atoms. The van der Waals surface area contributed by atoms with Crippen LogP contribution in [0.4, 0.5) is 0 Å². The highest BCUT2D eigenvalue weighted by atomic mass is 35.5. The number of ether oxygens (including phenoxy) is 1. The van der Waals surface area contributed by atoms with Gasteiger partial charge < -0.3 is 9.84 Å². The lowest BCUT2D eigenvalue weighted by molar-refractivity contribution is -0.136. The Labute approximate surface area is 198 Å². The van der Waals surface area contributed by atoms with Gasteiger partial charge >= 0.3 is 5.97 Å². The van der Waals surface area contributed by atoms with Crippen LogP contribution in [0.5, 0.6) is 5.75 Å². The van der Waals surface area contributed by atoms with Crippen molar-refractivity contribution in [1.82, 2.24) is 9.97 Å². The molecule has 0 amide bonds. The highest BCUT2D eigenvalue weighted by molar-refractivity contribution is 6.30. The van der Waals surface area contributed by atoms with Crippen LogP contribution in [0.15, 0.2) is 60.9 Å². The van der Waals surface area contributed by atoms with Crippen molar-refractivity contribution in [2.75, 3.05) is 0 Å². The summed E-state index contributed by atoms with van der Waals surface area (Å²) in [4.78, 5) is 20.8. The van der Waals surface area contributed by atoms with E-state index in [2.05, 4.69) is 4.98 Å². The predicted octanol–water partition coefficient (Wildman–Crippen LogP) is 6.73. The quantitative estimate of drug-likeness (QED) is 0.357. The Bertz CT molecular complexity index is 1350. The minimum atomic E-state index is -0.897. The molecule has 0 saturated heterocycles. The van der Waals surface area contributed by atoms with Crippen LogP contribution < -0.4 is 4.74 Å².